The highest BCUT2D eigenvalue weighted by Gasteiger charge is 2.24. The van der Waals surface area contributed by atoms with Crippen LogP contribution in [0.3, 0.4) is 0 Å². The molecule has 0 bridgehead atoms. The standard InChI is InChI=1S/C7H15N3/c1-2-3-7(8)6-9-4-5-10-7/h2,9-10H,1,3-6,8H2. The Morgan fingerprint density at radius 2 is 2.40 bits per heavy atom. The first-order valence-corrected chi connectivity index (χ1v) is 3.62. The molecule has 0 amide bonds. The molecule has 1 heterocycles. The highest BCUT2D eigenvalue weighted by Crippen LogP contribution is 2.03. The van der Waals surface area contributed by atoms with Crippen molar-refractivity contribution in [3.8, 4) is 0 Å². The van der Waals surface area contributed by atoms with Crippen LogP contribution in [-0.2, 0) is 0 Å². The largest absolute Gasteiger partial charge is 0.312 e. The lowest BCUT2D eigenvalue weighted by Gasteiger charge is -2.34. The van der Waals surface area contributed by atoms with Gasteiger partial charge in [0.2, 0.25) is 0 Å². The zero-order valence-electron chi connectivity index (χ0n) is 6.19. The van der Waals surface area contributed by atoms with E-state index in [0.717, 1.165) is 26.1 Å². The molecule has 10 heavy (non-hydrogen) atoms. The molecule has 1 unspecified atom stereocenters. The van der Waals surface area contributed by atoms with Crippen molar-refractivity contribution in [2.24, 2.45) is 5.73 Å². The normalized spacial score (nSPS) is 33.7. The van der Waals surface area contributed by atoms with Crippen molar-refractivity contribution in [1.29, 1.82) is 0 Å². The maximum Gasteiger partial charge on any atom is 0.0825 e. The van der Waals surface area contributed by atoms with E-state index in [1.165, 1.54) is 0 Å². The fraction of sp³-hybridized carbons (Fsp3) is 0.714. The summed E-state index contributed by atoms with van der Waals surface area (Å²) in [7, 11) is 0. The Hall–Kier alpha value is -0.380. The van der Waals surface area contributed by atoms with Gasteiger partial charge in [0, 0.05) is 19.6 Å². The molecule has 1 aliphatic rings. The van der Waals surface area contributed by atoms with Crippen LogP contribution in [0.1, 0.15) is 6.42 Å². The van der Waals surface area contributed by atoms with Crippen molar-refractivity contribution < 1.29 is 0 Å². The molecule has 1 rings (SSSR count). The number of nitrogens with one attached hydrogen (secondary N) is 2. The Morgan fingerprint density at radius 3 is 2.90 bits per heavy atom. The van der Waals surface area contributed by atoms with Crippen LogP contribution in [-0.4, -0.2) is 25.3 Å². The van der Waals surface area contributed by atoms with E-state index in [4.69, 9.17) is 5.73 Å². The van der Waals surface area contributed by atoms with Crippen LogP contribution in [0.4, 0.5) is 0 Å². The van der Waals surface area contributed by atoms with E-state index in [-0.39, 0.29) is 5.66 Å². The first kappa shape index (κ1) is 7.72. The van der Waals surface area contributed by atoms with Gasteiger partial charge in [0.05, 0.1) is 5.66 Å². The van der Waals surface area contributed by atoms with E-state index in [0.29, 0.717) is 0 Å². The fourth-order valence-electron chi connectivity index (χ4n) is 1.18. The topological polar surface area (TPSA) is 50.1 Å². The monoisotopic (exact) mass is 141 g/mol. The summed E-state index contributed by atoms with van der Waals surface area (Å²) in [5.41, 5.74) is 5.67. The van der Waals surface area contributed by atoms with Crippen LogP contribution in [0.2, 0.25) is 0 Å². The van der Waals surface area contributed by atoms with Crippen LogP contribution in [0, 0.1) is 0 Å². The third kappa shape index (κ3) is 1.80. The Labute approximate surface area is 61.7 Å². The minimum atomic E-state index is -0.250. The van der Waals surface area contributed by atoms with Crippen molar-refractivity contribution >= 4 is 0 Å². The summed E-state index contributed by atoms with van der Waals surface area (Å²) >= 11 is 0. The number of hydrogen-bond donors (Lipinski definition) is 3. The quantitative estimate of drug-likeness (QED) is 0.450. The lowest BCUT2D eigenvalue weighted by Crippen LogP contribution is -2.64. The van der Waals surface area contributed by atoms with Gasteiger partial charge in [0.15, 0.2) is 0 Å². The van der Waals surface area contributed by atoms with Crippen molar-refractivity contribution in [2.45, 2.75) is 12.1 Å². The van der Waals surface area contributed by atoms with E-state index in [1.807, 2.05) is 6.08 Å². The molecule has 0 spiro atoms. The van der Waals surface area contributed by atoms with Gasteiger partial charge < -0.3 is 11.1 Å². The summed E-state index contributed by atoms with van der Waals surface area (Å²) in [4.78, 5) is 0. The van der Waals surface area contributed by atoms with E-state index >= 15 is 0 Å². The van der Waals surface area contributed by atoms with Crippen molar-refractivity contribution in [1.82, 2.24) is 10.6 Å². The molecule has 1 aliphatic heterocycles. The maximum absolute atomic E-state index is 5.92. The lowest BCUT2D eigenvalue weighted by molar-refractivity contribution is 0.283. The molecule has 1 atom stereocenters. The second-order valence-electron chi connectivity index (χ2n) is 2.75. The Kier molecular flexibility index (Phi) is 2.43. The Balaban J connectivity index is 2.39. The van der Waals surface area contributed by atoms with E-state index < -0.39 is 0 Å². The highest BCUT2D eigenvalue weighted by molar-refractivity contribution is 4.93. The van der Waals surface area contributed by atoms with Crippen molar-refractivity contribution in [3.63, 3.8) is 0 Å². The molecule has 0 radical (unpaired) electrons. The summed E-state index contributed by atoms with van der Waals surface area (Å²) in [6.07, 6.45) is 2.67. The third-order valence-electron chi connectivity index (χ3n) is 1.73. The van der Waals surface area contributed by atoms with Crippen LogP contribution in [0.25, 0.3) is 0 Å². The van der Waals surface area contributed by atoms with Gasteiger partial charge in [-0.25, -0.2) is 0 Å². The number of hydrogen-bond acceptors (Lipinski definition) is 3. The molecule has 4 N–H and O–H groups in total. The molecule has 3 nitrogen and oxygen atoms in total. The van der Waals surface area contributed by atoms with Crippen LogP contribution >= 0.6 is 0 Å². The molecule has 0 aromatic heterocycles. The van der Waals surface area contributed by atoms with Crippen LogP contribution in [0.5, 0.6) is 0 Å². The summed E-state index contributed by atoms with van der Waals surface area (Å²) in [6.45, 7) is 6.44. The maximum atomic E-state index is 5.92. The molecule has 0 aliphatic carbocycles. The Bertz CT molecular complexity index is 116. The summed E-state index contributed by atoms with van der Waals surface area (Å²) in [6, 6.07) is 0. The molecule has 0 aromatic carbocycles. The van der Waals surface area contributed by atoms with Crippen molar-refractivity contribution in [3.05, 3.63) is 12.7 Å². The summed E-state index contributed by atoms with van der Waals surface area (Å²) in [5, 5.41) is 6.47. The molecule has 1 saturated heterocycles. The van der Waals surface area contributed by atoms with Gasteiger partial charge in [-0.3, -0.25) is 5.32 Å². The van der Waals surface area contributed by atoms with Gasteiger partial charge in [-0.15, -0.1) is 6.58 Å². The zero-order chi connectivity index (χ0) is 7.45. The molecular formula is C7H15N3. The first-order valence-electron chi connectivity index (χ1n) is 3.62. The van der Waals surface area contributed by atoms with Gasteiger partial charge >= 0.3 is 0 Å². The molecule has 0 saturated carbocycles. The average Bonchev–Trinajstić information content (AvgIpc) is 1.89. The molecule has 58 valence electrons. The second-order valence-corrected chi connectivity index (χ2v) is 2.75. The van der Waals surface area contributed by atoms with Crippen LogP contribution in [0.15, 0.2) is 12.7 Å². The van der Waals surface area contributed by atoms with E-state index in [9.17, 15) is 0 Å². The van der Waals surface area contributed by atoms with Crippen LogP contribution < -0.4 is 16.4 Å². The van der Waals surface area contributed by atoms with Gasteiger partial charge in [0.1, 0.15) is 0 Å². The molecule has 3 heteroatoms. The predicted molar refractivity (Wildman–Crippen MR) is 42.6 cm³/mol. The zero-order valence-corrected chi connectivity index (χ0v) is 6.19. The highest BCUT2D eigenvalue weighted by atomic mass is 15.2. The molecule has 1 fully saturated rings. The molecular weight excluding hydrogens is 126 g/mol. The fourth-order valence-corrected chi connectivity index (χ4v) is 1.18. The minimum absolute atomic E-state index is 0.250. The van der Waals surface area contributed by atoms with Gasteiger partial charge in [0.25, 0.3) is 0 Å². The van der Waals surface area contributed by atoms with Gasteiger partial charge in [-0.2, -0.15) is 0 Å². The van der Waals surface area contributed by atoms with E-state index in [1.54, 1.807) is 0 Å². The van der Waals surface area contributed by atoms with Crippen molar-refractivity contribution in [2.75, 3.05) is 19.6 Å². The van der Waals surface area contributed by atoms with E-state index in [2.05, 4.69) is 17.2 Å². The lowest BCUT2D eigenvalue weighted by atomic mass is 10.1. The minimum Gasteiger partial charge on any atom is -0.312 e. The second kappa shape index (κ2) is 3.14. The summed E-state index contributed by atoms with van der Waals surface area (Å²) < 4.78 is 0. The molecule has 0 aromatic rings. The summed E-state index contributed by atoms with van der Waals surface area (Å²) in [5.74, 6) is 0. The average molecular weight is 141 g/mol. The smallest absolute Gasteiger partial charge is 0.0825 e. The van der Waals surface area contributed by atoms with Gasteiger partial charge in [-0.05, 0) is 6.42 Å². The SMILES string of the molecule is C=CCC1(N)CNCCN1. The Morgan fingerprint density at radius 1 is 1.60 bits per heavy atom. The first-order chi connectivity index (χ1) is 4.77. The number of rotatable bonds is 2. The predicted octanol–water partition coefficient (Wildman–Crippen LogP) is -0.590. The number of piperazine rings is 1. The third-order valence-corrected chi connectivity index (χ3v) is 1.73. The van der Waals surface area contributed by atoms with Gasteiger partial charge in [-0.1, -0.05) is 6.08 Å². The number of nitrogens with two attached hydrogens (primary N) is 1.